The van der Waals surface area contributed by atoms with Crippen molar-refractivity contribution in [1.82, 2.24) is 0 Å². The van der Waals surface area contributed by atoms with E-state index in [0.29, 0.717) is 5.56 Å². The van der Waals surface area contributed by atoms with Crippen LogP contribution in [0.2, 0.25) is 0 Å². The molecule has 0 fully saturated rings. The summed E-state index contributed by atoms with van der Waals surface area (Å²) in [6, 6.07) is 17.2. The van der Waals surface area contributed by atoms with E-state index in [1.54, 1.807) is 6.92 Å². The maximum Gasteiger partial charge on any atom is 0.213 e. The summed E-state index contributed by atoms with van der Waals surface area (Å²) in [4.78, 5) is 0. The number of hydrogen-bond acceptors (Lipinski definition) is 0. The molecule has 0 aliphatic heterocycles. The van der Waals surface area contributed by atoms with E-state index in [2.05, 4.69) is 67.8 Å². The third kappa shape index (κ3) is 2.26. The van der Waals surface area contributed by atoms with Crippen molar-refractivity contribution in [2.45, 2.75) is 39.5 Å². The lowest BCUT2D eigenvalue weighted by Crippen LogP contribution is -2.31. The predicted octanol–water partition coefficient (Wildman–Crippen LogP) is 5.36. The van der Waals surface area contributed by atoms with Crippen LogP contribution in [0, 0.1) is 6.92 Å². The number of nitrogens with zero attached hydrogens (tertiary/aromatic N) is 1. The van der Waals surface area contributed by atoms with Crippen LogP contribution in [0.3, 0.4) is 0 Å². The van der Waals surface area contributed by atoms with E-state index in [9.17, 15) is 0 Å². The maximum atomic E-state index is 8.01. The summed E-state index contributed by atoms with van der Waals surface area (Å²) in [5.74, 6) is 0. The molecule has 1 heterocycles. The van der Waals surface area contributed by atoms with Crippen molar-refractivity contribution >= 4 is 0 Å². The van der Waals surface area contributed by atoms with Gasteiger partial charge in [0.25, 0.3) is 0 Å². The minimum Gasteiger partial charge on any atom is -0.201 e. The Morgan fingerprint density at radius 1 is 0.960 bits per heavy atom. The summed E-state index contributed by atoms with van der Waals surface area (Å²) >= 11 is 0. The number of hydrogen-bond donors (Lipinski definition) is 0. The minimum absolute atomic E-state index is 0.0200. The fourth-order valence-corrected chi connectivity index (χ4v) is 4.24. The van der Waals surface area contributed by atoms with Gasteiger partial charge in [-0.25, -0.2) is 4.57 Å². The average molecular weight is 330 g/mol. The van der Waals surface area contributed by atoms with Crippen molar-refractivity contribution in [3.05, 3.63) is 77.0 Å². The first-order valence-electron chi connectivity index (χ1n) is 9.87. The van der Waals surface area contributed by atoms with E-state index in [-0.39, 0.29) is 5.41 Å². The monoisotopic (exact) mass is 330 g/mol. The van der Waals surface area contributed by atoms with Crippen molar-refractivity contribution in [3.63, 3.8) is 0 Å². The molecule has 1 nitrogen and oxygen atoms in total. The van der Waals surface area contributed by atoms with Gasteiger partial charge in [0.2, 0.25) is 5.69 Å². The molecule has 0 saturated carbocycles. The number of fused-ring (bicyclic) bond motifs is 3. The van der Waals surface area contributed by atoms with Crippen molar-refractivity contribution < 1.29 is 7.31 Å². The smallest absolute Gasteiger partial charge is 0.201 e. The van der Waals surface area contributed by atoms with Crippen LogP contribution in [0.1, 0.15) is 45.8 Å². The number of pyridine rings is 1. The Labute approximate surface area is 153 Å². The van der Waals surface area contributed by atoms with Crippen LogP contribution >= 0.6 is 0 Å². The molecular weight excluding hydrogens is 302 g/mol. The Morgan fingerprint density at radius 3 is 2.44 bits per heavy atom. The molecule has 0 spiro atoms. The van der Waals surface area contributed by atoms with Crippen LogP contribution in [-0.2, 0) is 18.8 Å². The van der Waals surface area contributed by atoms with Gasteiger partial charge in [0.05, 0.1) is 5.56 Å². The van der Waals surface area contributed by atoms with E-state index in [1.165, 1.54) is 33.4 Å². The zero-order valence-corrected chi connectivity index (χ0v) is 15.6. The molecule has 1 heteroatoms. The summed E-state index contributed by atoms with van der Waals surface area (Å²) in [6.45, 7) is 8.36. The van der Waals surface area contributed by atoms with Gasteiger partial charge in [-0.3, -0.25) is 0 Å². The molecule has 0 atom stereocenters. The van der Waals surface area contributed by atoms with Gasteiger partial charge in [-0.1, -0.05) is 57.2 Å². The second kappa shape index (κ2) is 5.56. The van der Waals surface area contributed by atoms with Crippen molar-refractivity contribution in [2.75, 3.05) is 0 Å². The average Bonchev–Trinajstić information content (AvgIpc) is 2.83. The molecule has 0 bridgehead atoms. The summed E-state index contributed by atoms with van der Waals surface area (Å²) in [5, 5.41) is 0. The van der Waals surface area contributed by atoms with Gasteiger partial charge in [-0.05, 0) is 41.6 Å². The zero-order chi connectivity index (χ0) is 19.6. The Hall–Kier alpha value is -2.41. The highest BCUT2D eigenvalue weighted by Crippen LogP contribution is 2.52. The summed E-state index contributed by atoms with van der Waals surface area (Å²) in [5.41, 5.74) is 9.64. The topological polar surface area (TPSA) is 3.88 Å². The van der Waals surface area contributed by atoms with E-state index < -0.39 is 6.37 Å². The molecule has 4 rings (SSSR count). The van der Waals surface area contributed by atoms with Gasteiger partial charge in [0.15, 0.2) is 6.20 Å². The van der Waals surface area contributed by atoms with Crippen LogP contribution in [0.5, 0.6) is 0 Å². The molecule has 3 aromatic rings. The number of aryl methyl sites for hydroxylation is 3. The lowest BCUT2D eigenvalue weighted by Gasteiger charge is -2.21. The first-order chi connectivity index (χ1) is 12.6. The van der Waals surface area contributed by atoms with Crippen LogP contribution in [0.15, 0.2) is 54.7 Å². The van der Waals surface area contributed by atoms with Gasteiger partial charge < -0.3 is 0 Å². The highest BCUT2D eigenvalue weighted by Gasteiger charge is 2.38. The molecule has 1 aliphatic rings. The van der Waals surface area contributed by atoms with Crippen LogP contribution < -0.4 is 4.57 Å². The quantitative estimate of drug-likeness (QED) is 0.557. The first-order valence-corrected chi connectivity index (χ1v) is 8.87. The Morgan fingerprint density at radius 2 is 1.72 bits per heavy atom. The highest BCUT2D eigenvalue weighted by molar-refractivity contribution is 5.92. The molecule has 126 valence electrons. The van der Waals surface area contributed by atoms with Crippen LogP contribution in [0.4, 0.5) is 0 Å². The van der Waals surface area contributed by atoms with E-state index in [0.717, 1.165) is 5.69 Å². The van der Waals surface area contributed by atoms with Gasteiger partial charge in [0, 0.05) is 25.3 Å². The third-order valence-corrected chi connectivity index (χ3v) is 5.64. The van der Waals surface area contributed by atoms with E-state index in [1.807, 2.05) is 19.3 Å². The summed E-state index contributed by atoms with van der Waals surface area (Å²) in [7, 11) is 2.01. The molecule has 0 amide bonds. The fourth-order valence-electron chi connectivity index (χ4n) is 4.24. The number of aromatic nitrogens is 1. The minimum atomic E-state index is -1.35. The lowest BCUT2D eigenvalue weighted by atomic mass is 9.81. The highest BCUT2D eigenvalue weighted by atomic mass is 14.9. The molecule has 1 aliphatic carbocycles. The number of rotatable bonds is 2. The van der Waals surface area contributed by atoms with Gasteiger partial charge in [0.1, 0.15) is 7.05 Å². The van der Waals surface area contributed by atoms with Gasteiger partial charge in [-0.2, -0.15) is 0 Å². The lowest BCUT2D eigenvalue weighted by molar-refractivity contribution is -0.660. The van der Waals surface area contributed by atoms with Gasteiger partial charge >= 0.3 is 0 Å². The number of benzene rings is 2. The molecule has 1 aromatic heterocycles. The maximum absolute atomic E-state index is 8.01. The zero-order valence-electron chi connectivity index (χ0n) is 17.6. The molecule has 25 heavy (non-hydrogen) atoms. The summed E-state index contributed by atoms with van der Waals surface area (Å²) in [6.07, 6.45) is 0.568. The van der Waals surface area contributed by atoms with Crippen molar-refractivity contribution in [3.8, 4) is 22.4 Å². The Balaban J connectivity index is 2.03. The van der Waals surface area contributed by atoms with Crippen LogP contribution in [-0.4, -0.2) is 0 Å². The summed E-state index contributed by atoms with van der Waals surface area (Å²) < 4.78 is 18.1. The molecule has 0 N–H and O–H groups in total. The second-order valence-electron chi connectivity index (χ2n) is 7.51. The van der Waals surface area contributed by atoms with Gasteiger partial charge in [-0.15, -0.1) is 0 Å². The normalized spacial score (nSPS) is 16.0. The van der Waals surface area contributed by atoms with Crippen molar-refractivity contribution in [2.24, 2.45) is 7.05 Å². The molecule has 0 saturated heterocycles. The van der Waals surface area contributed by atoms with Crippen molar-refractivity contribution in [1.29, 1.82) is 0 Å². The predicted molar refractivity (Wildman–Crippen MR) is 105 cm³/mol. The molecule has 0 radical (unpaired) electrons. The second-order valence-corrected chi connectivity index (χ2v) is 7.51. The van der Waals surface area contributed by atoms with Crippen LogP contribution in [0.25, 0.3) is 22.4 Å². The van der Waals surface area contributed by atoms with E-state index >= 15 is 0 Å². The Bertz CT molecular complexity index is 1060. The third-order valence-electron chi connectivity index (χ3n) is 5.64. The Kier molecular flexibility index (Phi) is 3.07. The largest absolute Gasteiger partial charge is 0.213 e. The fraction of sp³-hybridized carbons (Fsp3) is 0.292. The molecular formula is C24H26N+. The molecule has 0 unspecified atom stereocenters. The van der Waals surface area contributed by atoms with E-state index in [4.69, 9.17) is 2.74 Å². The first kappa shape index (κ1) is 13.8. The molecule has 2 aromatic carbocycles. The standard InChI is InChI=1S/C24H26N/c1-6-17-12-14-21(25(5)15-17)22-16(2)11-13-20-23(22)18-9-7-8-10-19(18)24(20,3)4/h7-15H,6H2,1-5H3/q+1/i6D2. The SMILES string of the molecule is [2H]C([2H])(C)c1ccc(-c2c(C)ccc3c2-c2ccccc2C3(C)C)[n+](C)c1.